The second-order valence-electron chi connectivity index (χ2n) is 3.15. The summed E-state index contributed by atoms with van der Waals surface area (Å²) in [5.41, 5.74) is 0. The van der Waals surface area contributed by atoms with Crippen molar-refractivity contribution in [2.75, 3.05) is 0 Å². The fourth-order valence-corrected chi connectivity index (χ4v) is 1.46. The highest BCUT2D eigenvalue weighted by Gasteiger charge is 2.18. The summed E-state index contributed by atoms with van der Waals surface area (Å²) in [5.74, 6) is -0.0144. The molecule has 0 heterocycles. The van der Waals surface area contributed by atoms with Gasteiger partial charge in [0.25, 0.3) is 0 Å². The van der Waals surface area contributed by atoms with Crippen molar-refractivity contribution >= 4 is 18.4 Å². The molecule has 0 spiro atoms. The molecule has 0 unspecified atom stereocenters. The molecule has 1 aliphatic carbocycles. The van der Waals surface area contributed by atoms with Crippen molar-refractivity contribution in [2.45, 2.75) is 51.6 Å². The second kappa shape index (κ2) is 6.30. The van der Waals surface area contributed by atoms with E-state index in [-0.39, 0.29) is 24.5 Å². The summed E-state index contributed by atoms with van der Waals surface area (Å²) in [6, 6.07) is 0. The molecular formula is C9H17ClO2. The third-order valence-corrected chi connectivity index (χ3v) is 2.05. The third-order valence-electron chi connectivity index (χ3n) is 2.05. The molecule has 2 nitrogen and oxygen atoms in total. The minimum absolute atomic E-state index is 0. The highest BCUT2D eigenvalue weighted by molar-refractivity contribution is 5.85. The molecule has 1 aliphatic rings. The molecule has 0 aromatic carbocycles. The fraction of sp³-hybridized carbons (Fsp3) is 0.889. The molecule has 0 atom stereocenters. The monoisotopic (exact) mass is 192 g/mol. The molecule has 0 saturated heterocycles. The Labute approximate surface area is 80.1 Å². The zero-order chi connectivity index (χ0) is 8.10. The number of carbonyl (C=O) groups is 1. The van der Waals surface area contributed by atoms with Crippen LogP contribution in [0.3, 0.4) is 0 Å². The van der Waals surface area contributed by atoms with Gasteiger partial charge in [0.1, 0.15) is 6.10 Å². The number of rotatable bonds is 3. The van der Waals surface area contributed by atoms with E-state index < -0.39 is 0 Å². The first-order valence-corrected chi connectivity index (χ1v) is 4.52. The number of carbonyl (C=O) groups excluding carboxylic acids is 1. The molecule has 0 N–H and O–H groups in total. The standard InChI is InChI=1S/C9H16O2.ClH/c1-2-5-9(10)11-8-6-3-4-7-8;/h8H,2-7H2,1H3;1H. The minimum Gasteiger partial charge on any atom is -0.462 e. The van der Waals surface area contributed by atoms with Crippen LogP contribution in [0.5, 0.6) is 0 Å². The number of halogens is 1. The Bertz CT molecular complexity index is 130. The molecule has 0 aromatic rings. The Balaban J connectivity index is 0.00000121. The van der Waals surface area contributed by atoms with Crippen molar-refractivity contribution in [3.05, 3.63) is 0 Å². The van der Waals surface area contributed by atoms with Gasteiger partial charge in [-0.25, -0.2) is 0 Å². The van der Waals surface area contributed by atoms with Gasteiger partial charge in [-0.1, -0.05) is 6.92 Å². The number of ether oxygens (including phenoxy) is 1. The molecule has 12 heavy (non-hydrogen) atoms. The summed E-state index contributed by atoms with van der Waals surface area (Å²) < 4.78 is 5.21. The lowest BCUT2D eigenvalue weighted by molar-refractivity contribution is -0.148. The van der Waals surface area contributed by atoms with Crippen LogP contribution in [0.15, 0.2) is 0 Å². The molecule has 3 heteroatoms. The quantitative estimate of drug-likeness (QED) is 0.643. The lowest BCUT2D eigenvalue weighted by atomic mass is 10.3. The number of hydrogen-bond acceptors (Lipinski definition) is 2. The molecule has 1 fully saturated rings. The number of hydrogen-bond donors (Lipinski definition) is 0. The maximum atomic E-state index is 11.0. The van der Waals surface area contributed by atoms with Gasteiger partial charge in [-0.2, -0.15) is 0 Å². The summed E-state index contributed by atoms with van der Waals surface area (Å²) in [5, 5.41) is 0. The molecular weight excluding hydrogens is 176 g/mol. The third kappa shape index (κ3) is 3.96. The molecule has 0 amide bonds. The lowest BCUT2D eigenvalue weighted by Crippen LogP contribution is -2.13. The van der Waals surface area contributed by atoms with E-state index >= 15 is 0 Å². The van der Waals surface area contributed by atoms with E-state index in [0.717, 1.165) is 19.3 Å². The molecule has 1 saturated carbocycles. The van der Waals surface area contributed by atoms with Crippen LogP contribution >= 0.6 is 12.4 Å². The zero-order valence-corrected chi connectivity index (χ0v) is 8.36. The van der Waals surface area contributed by atoms with Gasteiger partial charge in [0.15, 0.2) is 0 Å². The average molecular weight is 193 g/mol. The Morgan fingerprint density at radius 1 is 1.42 bits per heavy atom. The maximum absolute atomic E-state index is 11.0. The van der Waals surface area contributed by atoms with E-state index in [1.54, 1.807) is 0 Å². The van der Waals surface area contributed by atoms with Crippen LogP contribution in [0.25, 0.3) is 0 Å². The van der Waals surface area contributed by atoms with Gasteiger partial charge in [-0.05, 0) is 32.1 Å². The van der Waals surface area contributed by atoms with Gasteiger partial charge in [0.2, 0.25) is 0 Å². The van der Waals surface area contributed by atoms with Crippen LogP contribution in [0.1, 0.15) is 45.4 Å². The first-order chi connectivity index (χ1) is 5.33. The van der Waals surface area contributed by atoms with Crippen molar-refractivity contribution < 1.29 is 9.53 Å². The van der Waals surface area contributed by atoms with Crippen LogP contribution in [0, 0.1) is 0 Å². The largest absolute Gasteiger partial charge is 0.462 e. The Hall–Kier alpha value is -0.240. The molecule has 0 aliphatic heterocycles. The van der Waals surface area contributed by atoms with E-state index in [9.17, 15) is 4.79 Å². The van der Waals surface area contributed by atoms with Gasteiger partial charge < -0.3 is 4.74 Å². The highest BCUT2D eigenvalue weighted by atomic mass is 35.5. The van der Waals surface area contributed by atoms with Crippen LogP contribution in [0.2, 0.25) is 0 Å². The first-order valence-electron chi connectivity index (χ1n) is 4.52. The van der Waals surface area contributed by atoms with E-state index in [1.165, 1.54) is 12.8 Å². The summed E-state index contributed by atoms with van der Waals surface area (Å²) in [6.45, 7) is 2.00. The van der Waals surface area contributed by atoms with Crippen molar-refractivity contribution in [3.8, 4) is 0 Å². The van der Waals surface area contributed by atoms with Gasteiger partial charge in [-0.3, -0.25) is 4.79 Å². The minimum atomic E-state index is -0.0144. The predicted molar refractivity (Wildman–Crippen MR) is 50.5 cm³/mol. The Morgan fingerprint density at radius 2 is 2.00 bits per heavy atom. The normalized spacial score (nSPS) is 17.1. The van der Waals surface area contributed by atoms with E-state index in [0.29, 0.717) is 6.42 Å². The van der Waals surface area contributed by atoms with Crippen LogP contribution in [-0.2, 0) is 9.53 Å². The maximum Gasteiger partial charge on any atom is 0.306 e. The lowest BCUT2D eigenvalue weighted by Gasteiger charge is -2.09. The summed E-state index contributed by atoms with van der Waals surface area (Å²) >= 11 is 0. The van der Waals surface area contributed by atoms with E-state index in [1.807, 2.05) is 6.92 Å². The van der Waals surface area contributed by atoms with Gasteiger partial charge in [0.05, 0.1) is 0 Å². The van der Waals surface area contributed by atoms with Crippen LogP contribution in [-0.4, -0.2) is 12.1 Å². The summed E-state index contributed by atoms with van der Waals surface area (Å²) in [4.78, 5) is 11.0. The van der Waals surface area contributed by atoms with Crippen molar-refractivity contribution in [3.63, 3.8) is 0 Å². The first kappa shape index (κ1) is 11.8. The summed E-state index contributed by atoms with van der Waals surface area (Å²) in [7, 11) is 0. The fourth-order valence-electron chi connectivity index (χ4n) is 1.46. The molecule has 1 rings (SSSR count). The van der Waals surface area contributed by atoms with Crippen LogP contribution in [0.4, 0.5) is 0 Å². The van der Waals surface area contributed by atoms with Crippen molar-refractivity contribution in [1.82, 2.24) is 0 Å². The SMILES string of the molecule is CCCC(=O)OC1CCCC1.Cl. The molecule has 72 valence electrons. The van der Waals surface area contributed by atoms with Gasteiger partial charge in [0, 0.05) is 6.42 Å². The van der Waals surface area contributed by atoms with E-state index in [4.69, 9.17) is 4.74 Å². The molecule has 0 bridgehead atoms. The summed E-state index contributed by atoms with van der Waals surface area (Å²) in [6.07, 6.45) is 6.33. The van der Waals surface area contributed by atoms with Gasteiger partial charge in [-0.15, -0.1) is 12.4 Å². The predicted octanol–water partition coefficient (Wildman–Crippen LogP) is 2.69. The Morgan fingerprint density at radius 3 is 2.50 bits per heavy atom. The van der Waals surface area contributed by atoms with E-state index in [2.05, 4.69) is 0 Å². The van der Waals surface area contributed by atoms with Crippen molar-refractivity contribution in [2.24, 2.45) is 0 Å². The molecule has 0 radical (unpaired) electrons. The highest BCUT2D eigenvalue weighted by Crippen LogP contribution is 2.21. The van der Waals surface area contributed by atoms with Crippen molar-refractivity contribution in [1.29, 1.82) is 0 Å². The zero-order valence-electron chi connectivity index (χ0n) is 7.54. The van der Waals surface area contributed by atoms with Gasteiger partial charge >= 0.3 is 5.97 Å². The second-order valence-corrected chi connectivity index (χ2v) is 3.15. The topological polar surface area (TPSA) is 26.3 Å². The average Bonchev–Trinajstić information content (AvgIpc) is 2.40. The Kier molecular flexibility index (Phi) is 6.17. The smallest absolute Gasteiger partial charge is 0.306 e. The number of esters is 1. The molecule has 0 aromatic heterocycles. The van der Waals surface area contributed by atoms with Crippen LogP contribution < -0.4 is 0 Å².